The predicted octanol–water partition coefficient (Wildman–Crippen LogP) is 1.72. The molecule has 0 spiro atoms. The molecule has 10 nitrogen and oxygen atoms in total. The van der Waals surface area contributed by atoms with Crippen LogP contribution in [-0.4, -0.2) is 58.0 Å². The minimum absolute atomic E-state index is 0.0812. The van der Waals surface area contributed by atoms with Crippen molar-refractivity contribution in [3.63, 3.8) is 0 Å². The number of carbonyl (C=O) groups excluding carboxylic acids is 1. The number of nitrogens with one attached hydrogen (secondary N) is 1. The number of carbonyl (C=O) groups is 1. The molecule has 1 fully saturated rings. The van der Waals surface area contributed by atoms with Gasteiger partial charge in [0.15, 0.2) is 9.84 Å². The van der Waals surface area contributed by atoms with E-state index in [0.29, 0.717) is 0 Å². The molecule has 2 aromatic rings. The van der Waals surface area contributed by atoms with Crippen LogP contribution in [-0.2, 0) is 19.9 Å². The van der Waals surface area contributed by atoms with Crippen LogP contribution in [0.3, 0.4) is 0 Å². The molecule has 2 aromatic carbocycles. The number of nitro groups is 1. The van der Waals surface area contributed by atoms with Crippen molar-refractivity contribution in [2.24, 2.45) is 0 Å². The number of sulfonamides is 1. The summed E-state index contributed by atoms with van der Waals surface area (Å²) in [4.78, 5) is 24.2. The predicted molar refractivity (Wildman–Crippen MR) is 112 cm³/mol. The number of hydrogen-bond acceptors (Lipinski definition) is 7. The summed E-state index contributed by atoms with van der Waals surface area (Å²) in [7, 11) is -7.64. The molecule has 0 aromatic heterocycles. The van der Waals surface area contributed by atoms with Gasteiger partial charge < -0.3 is 4.90 Å². The molecule has 1 saturated heterocycles. The lowest BCUT2D eigenvalue weighted by atomic mass is 10.0. The fourth-order valence-electron chi connectivity index (χ4n) is 3.31. The molecular formula is C19H20FN3O7S2. The van der Waals surface area contributed by atoms with E-state index in [-0.39, 0.29) is 41.3 Å². The highest BCUT2D eigenvalue weighted by atomic mass is 32.2. The van der Waals surface area contributed by atoms with Gasteiger partial charge in [0, 0.05) is 43.1 Å². The van der Waals surface area contributed by atoms with Gasteiger partial charge in [-0.3, -0.25) is 14.9 Å². The quantitative estimate of drug-likeness (QED) is 0.485. The fourth-order valence-corrected chi connectivity index (χ4v) is 5.29. The third-order valence-corrected chi connectivity index (χ3v) is 7.63. The number of benzene rings is 2. The van der Waals surface area contributed by atoms with E-state index in [9.17, 15) is 36.1 Å². The molecule has 0 unspecified atom stereocenters. The Morgan fingerprint density at radius 2 is 1.66 bits per heavy atom. The molecule has 0 saturated carbocycles. The van der Waals surface area contributed by atoms with Crippen molar-refractivity contribution in [2.45, 2.75) is 28.7 Å². The number of rotatable bonds is 6. The lowest BCUT2D eigenvalue weighted by Gasteiger charge is -2.32. The van der Waals surface area contributed by atoms with E-state index in [1.165, 1.54) is 4.90 Å². The van der Waals surface area contributed by atoms with Gasteiger partial charge in [-0.1, -0.05) is 0 Å². The summed E-state index contributed by atoms with van der Waals surface area (Å²) in [6.07, 6.45) is 1.44. The Bertz CT molecular complexity index is 1250. The normalized spacial score (nSPS) is 15.5. The summed E-state index contributed by atoms with van der Waals surface area (Å²) in [5, 5.41) is 11.1. The second-order valence-electron chi connectivity index (χ2n) is 7.39. The Labute approximate surface area is 184 Å². The lowest BCUT2D eigenvalue weighted by molar-refractivity contribution is -0.385. The van der Waals surface area contributed by atoms with Gasteiger partial charge in [-0.2, -0.15) is 0 Å². The summed E-state index contributed by atoms with van der Waals surface area (Å²) < 4.78 is 64.1. The molecule has 3 rings (SSSR count). The van der Waals surface area contributed by atoms with Crippen LogP contribution in [0.5, 0.6) is 0 Å². The summed E-state index contributed by atoms with van der Waals surface area (Å²) in [5.41, 5.74) is -0.650. The van der Waals surface area contributed by atoms with Crippen LogP contribution in [0.4, 0.5) is 10.1 Å². The number of likely N-dealkylation sites (tertiary alicyclic amines) is 1. The molecule has 1 amide bonds. The zero-order valence-corrected chi connectivity index (χ0v) is 18.5. The van der Waals surface area contributed by atoms with Crippen LogP contribution in [0.15, 0.2) is 52.3 Å². The largest absolute Gasteiger partial charge is 0.339 e. The van der Waals surface area contributed by atoms with Crippen LogP contribution in [0.2, 0.25) is 0 Å². The summed E-state index contributed by atoms with van der Waals surface area (Å²) in [5.74, 6) is -1.14. The van der Waals surface area contributed by atoms with Crippen molar-refractivity contribution < 1.29 is 30.9 Å². The Hall–Kier alpha value is -2.90. The third-order valence-electron chi connectivity index (χ3n) is 5.01. The van der Waals surface area contributed by atoms with Gasteiger partial charge in [0.25, 0.3) is 11.6 Å². The topological polar surface area (TPSA) is 144 Å². The van der Waals surface area contributed by atoms with Crippen molar-refractivity contribution in [3.8, 4) is 0 Å². The molecule has 1 N–H and O–H groups in total. The van der Waals surface area contributed by atoms with Gasteiger partial charge in [0.1, 0.15) is 5.82 Å². The molecule has 1 aliphatic rings. The summed E-state index contributed by atoms with van der Waals surface area (Å²) >= 11 is 0. The first-order valence-electron chi connectivity index (χ1n) is 9.43. The maximum absolute atomic E-state index is 13.0. The molecule has 32 heavy (non-hydrogen) atoms. The second kappa shape index (κ2) is 8.92. The lowest BCUT2D eigenvalue weighted by Crippen LogP contribution is -2.46. The number of amides is 1. The van der Waals surface area contributed by atoms with Crippen LogP contribution in [0.1, 0.15) is 23.2 Å². The number of nitro benzene ring substituents is 1. The average Bonchev–Trinajstić information content (AvgIpc) is 2.73. The van der Waals surface area contributed by atoms with Gasteiger partial charge in [-0.05, 0) is 43.2 Å². The first-order chi connectivity index (χ1) is 14.9. The maximum atomic E-state index is 13.0. The number of nitrogens with zero attached hydrogens (tertiary/aromatic N) is 2. The number of non-ortho nitro benzene ring substituents is 1. The van der Waals surface area contributed by atoms with Gasteiger partial charge in [0.2, 0.25) is 10.0 Å². The van der Waals surface area contributed by atoms with E-state index >= 15 is 0 Å². The monoisotopic (exact) mass is 485 g/mol. The molecule has 1 aliphatic heterocycles. The van der Waals surface area contributed by atoms with Crippen molar-refractivity contribution in [2.75, 3.05) is 19.3 Å². The Kier molecular flexibility index (Phi) is 6.62. The van der Waals surface area contributed by atoms with Crippen molar-refractivity contribution in [1.29, 1.82) is 0 Å². The molecule has 0 atom stereocenters. The standard InChI is InChI=1S/C19H20FN3O7S2/c1-31(27,28)18-11-13(10-16(12-18)23(25)26)19(24)22-8-6-15(7-9-22)21-32(29,30)17-4-2-14(20)3-5-17/h2-5,10-12,15,21H,6-9H2,1H3. The van der Waals surface area contributed by atoms with Gasteiger partial charge in [-0.15, -0.1) is 0 Å². The van der Waals surface area contributed by atoms with Gasteiger partial charge in [-0.25, -0.2) is 25.9 Å². The minimum Gasteiger partial charge on any atom is -0.339 e. The van der Waals surface area contributed by atoms with E-state index < -0.39 is 48.2 Å². The Morgan fingerprint density at radius 1 is 1.06 bits per heavy atom. The highest BCUT2D eigenvalue weighted by Crippen LogP contribution is 2.23. The summed E-state index contributed by atoms with van der Waals surface area (Å²) in [6.45, 7) is 0.318. The van der Waals surface area contributed by atoms with E-state index in [1.54, 1.807) is 0 Å². The molecule has 0 aliphatic carbocycles. The molecule has 1 heterocycles. The number of halogens is 1. The van der Waals surface area contributed by atoms with Crippen molar-refractivity contribution in [3.05, 3.63) is 64.0 Å². The number of hydrogen-bond donors (Lipinski definition) is 1. The summed E-state index contributed by atoms with van der Waals surface area (Å²) in [6, 6.07) is 6.91. The fraction of sp³-hybridized carbons (Fsp3) is 0.316. The van der Waals surface area contributed by atoms with Crippen molar-refractivity contribution >= 4 is 31.5 Å². The highest BCUT2D eigenvalue weighted by molar-refractivity contribution is 7.90. The third kappa shape index (κ3) is 5.47. The Morgan fingerprint density at radius 3 is 2.19 bits per heavy atom. The van der Waals surface area contributed by atoms with Gasteiger partial charge >= 0.3 is 0 Å². The van der Waals surface area contributed by atoms with Crippen molar-refractivity contribution in [1.82, 2.24) is 9.62 Å². The van der Waals surface area contributed by atoms with E-state index in [0.717, 1.165) is 48.7 Å². The van der Waals surface area contributed by atoms with Crippen LogP contribution < -0.4 is 4.72 Å². The number of sulfone groups is 1. The van der Waals surface area contributed by atoms with Crippen LogP contribution in [0, 0.1) is 15.9 Å². The minimum atomic E-state index is -3.87. The zero-order chi connectivity index (χ0) is 23.7. The molecular weight excluding hydrogens is 465 g/mol. The maximum Gasteiger partial charge on any atom is 0.271 e. The Balaban J connectivity index is 1.71. The van der Waals surface area contributed by atoms with Crippen LogP contribution in [0.25, 0.3) is 0 Å². The van der Waals surface area contributed by atoms with E-state index in [2.05, 4.69) is 4.72 Å². The SMILES string of the molecule is CS(=O)(=O)c1cc(C(=O)N2CCC(NS(=O)(=O)c3ccc(F)cc3)CC2)cc([N+](=O)[O-])c1. The molecule has 172 valence electrons. The van der Waals surface area contributed by atoms with E-state index in [1.807, 2.05) is 0 Å². The molecule has 0 radical (unpaired) electrons. The number of piperidine rings is 1. The first kappa shape index (κ1) is 23.8. The average molecular weight is 486 g/mol. The molecule has 0 bridgehead atoms. The van der Waals surface area contributed by atoms with Gasteiger partial charge in [0.05, 0.1) is 14.7 Å². The second-order valence-corrected chi connectivity index (χ2v) is 11.1. The first-order valence-corrected chi connectivity index (χ1v) is 12.8. The zero-order valence-electron chi connectivity index (χ0n) is 16.9. The smallest absolute Gasteiger partial charge is 0.271 e. The van der Waals surface area contributed by atoms with E-state index in [4.69, 9.17) is 0 Å². The van der Waals surface area contributed by atoms with Crippen LogP contribution >= 0.6 is 0 Å². The highest BCUT2D eigenvalue weighted by Gasteiger charge is 2.28. The molecule has 13 heteroatoms.